The number of benzene rings is 2. The number of nitrogens with one attached hydrogen (secondary N) is 1. The molecular formula is C19H13F6NO5. The lowest BCUT2D eigenvalue weighted by Gasteiger charge is -2.24. The molecule has 2 aromatic rings. The van der Waals surface area contributed by atoms with Crippen molar-refractivity contribution in [3.63, 3.8) is 0 Å². The minimum Gasteiger partial charge on any atom is -0.485 e. The van der Waals surface area contributed by atoms with E-state index in [1.54, 1.807) is 18.2 Å². The van der Waals surface area contributed by atoms with E-state index in [2.05, 4.69) is 0 Å². The zero-order chi connectivity index (χ0) is 22.8. The van der Waals surface area contributed by atoms with Crippen LogP contribution < -0.4 is 14.8 Å². The first-order valence-corrected chi connectivity index (χ1v) is 8.58. The molecule has 0 saturated carbocycles. The van der Waals surface area contributed by atoms with Gasteiger partial charge in [-0.15, -0.1) is 0 Å². The van der Waals surface area contributed by atoms with Crippen molar-refractivity contribution in [3.8, 4) is 11.5 Å². The smallest absolute Gasteiger partial charge is 0.416 e. The van der Waals surface area contributed by atoms with Gasteiger partial charge in [0.1, 0.15) is 6.61 Å². The molecule has 0 radical (unpaired) electrons. The van der Waals surface area contributed by atoms with Crippen LogP contribution in [0.1, 0.15) is 11.1 Å². The highest BCUT2D eigenvalue weighted by molar-refractivity contribution is 5.93. The number of amides is 1. The van der Waals surface area contributed by atoms with Gasteiger partial charge in [0.2, 0.25) is 6.10 Å². The van der Waals surface area contributed by atoms with Gasteiger partial charge in [-0.05, 0) is 30.3 Å². The lowest BCUT2D eigenvalue weighted by Crippen LogP contribution is -2.39. The van der Waals surface area contributed by atoms with E-state index >= 15 is 0 Å². The number of fused-ring (bicyclic) bond motifs is 1. The maximum Gasteiger partial charge on any atom is 0.416 e. The van der Waals surface area contributed by atoms with Gasteiger partial charge in [-0.2, -0.15) is 26.3 Å². The Morgan fingerprint density at radius 2 is 1.55 bits per heavy atom. The van der Waals surface area contributed by atoms with Gasteiger partial charge in [-0.3, -0.25) is 4.79 Å². The minimum atomic E-state index is -5.07. The first-order chi connectivity index (χ1) is 14.4. The lowest BCUT2D eigenvalue weighted by molar-refractivity contribution is -0.156. The zero-order valence-electron chi connectivity index (χ0n) is 15.3. The number of para-hydroxylation sites is 2. The molecule has 1 aliphatic heterocycles. The highest BCUT2D eigenvalue weighted by atomic mass is 19.4. The summed E-state index contributed by atoms with van der Waals surface area (Å²) in [6, 6.07) is 7.06. The highest BCUT2D eigenvalue weighted by Gasteiger charge is 2.37. The van der Waals surface area contributed by atoms with Crippen molar-refractivity contribution in [2.45, 2.75) is 18.5 Å². The van der Waals surface area contributed by atoms with Crippen molar-refractivity contribution < 1.29 is 50.1 Å². The summed E-state index contributed by atoms with van der Waals surface area (Å²) in [5, 5.41) is 1.85. The predicted octanol–water partition coefficient (Wildman–Crippen LogP) is 4.05. The second kappa shape index (κ2) is 8.36. The van der Waals surface area contributed by atoms with Crippen LogP contribution in [-0.2, 0) is 26.7 Å². The Morgan fingerprint density at radius 3 is 2.13 bits per heavy atom. The van der Waals surface area contributed by atoms with Crippen molar-refractivity contribution in [1.82, 2.24) is 0 Å². The van der Waals surface area contributed by atoms with Gasteiger partial charge in [0.05, 0.1) is 11.1 Å². The zero-order valence-corrected chi connectivity index (χ0v) is 15.3. The molecule has 31 heavy (non-hydrogen) atoms. The second-order valence-electron chi connectivity index (χ2n) is 6.31. The third-order valence-electron chi connectivity index (χ3n) is 3.99. The average molecular weight is 449 g/mol. The first-order valence-electron chi connectivity index (χ1n) is 8.58. The third-order valence-corrected chi connectivity index (χ3v) is 3.99. The Balaban J connectivity index is 1.62. The van der Waals surface area contributed by atoms with Crippen molar-refractivity contribution in [3.05, 3.63) is 53.6 Å². The van der Waals surface area contributed by atoms with E-state index in [1.807, 2.05) is 5.32 Å². The van der Waals surface area contributed by atoms with Crippen LogP contribution in [-0.4, -0.2) is 31.2 Å². The summed E-state index contributed by atoms with van der Waals surface area (Å²) >= 11 is 0. The molecule has 166 valence electrons. The van der Waals surface area contributed by atoms with Gasteiger partial charge in [0.25, 0.3) is 5.91 Å². The summed E-state index contributed by atoms with van der Waals surface area (Å²) in [5.41, 5.74) is -3.95. The minimum absolute atomic E-state index is 0.0755. The van der Waals surface area contributed by atoms with Crippen LogP contribution in [0.4, 0.5) is 32.0 Å². The maximum atomic E-state index is 12.9. The fourth-order valence-electron chi connectivity index (χ4n) is 2.59. The van der Waals surface area contributed by atoms with E-state index in [1.165, 1.54) is 6.07 Å². The second-order valence-corrected chi connectivity index (χ2v) is 6.31. The number of ether oxygens (including phenoxy) is 3. The molecule has 0 aliphatic carbocycles. The third kappa shape index (κ3) is 5.58. The van der Waals surface area contributed by atoms with Crippen LogP contribution >= 0.6 is 0 Å². The fraction of sp³-hybridized carbons (Fsp3) is 0.263. The van der Waals surface area contributed by atoms with Gasteiger partial charge >= 0.3 is 18.3 Å². The standard InChI is InChI=1S/C19H13F6NO5/c20-18(21,22)10-5-11(19(23,24)25)7-12(6-10)26-16(27)9-30-17(28)15-8-29-13-3-1-2-4-14(13)31-15/h1-7,15H,8-9H2,(H,26,27)/t15-/m0/s1. The van der Waals surface area contributed by atoms with Gasteiger partial charge in [-0.25, -0.2) is 4.79 Å². The Morgan fingerprint density at radius 1 is 0.968 bits per heavy atom. The summed E-state index contributed by atoms with van der Waals surface area (Å²) in [6.45, 7) is -1.17. The normalized spacial score (nSPS) is 15.9. The van der Waals surface area contributed by atoms with Gasteiger partial charge in [-0.1, -0.05) is 12.1 Å². The maximum absolute atomic E-state index is 12.9. The first kappa shape index (κ1) is 22.2. The Bertz CT molecular complexity index is 956. The van der Waals surface area contributed by atoms with E-state index in [4.69, 9.17) is 14.2 Å². The number of rotatable bonds is 4. The average Bonchev–Trinajstić information content (AvgIpc) is 2.70. The number of alkyl halides is 6. The molecule has 0 spiro atoms. The van der Waals surface area contributed by atoms with Crippen LogP contribution in [0.3, 0.4) is 0 Å². The van der Waals surface area contributed by atoms with Crippen molar-refractivity contribution in [2.75, 3.05) is 18.5 Å². The van der Waals surface area contributed by atoms with Crippen LogP contribution in [0.25, 0.3) is 0 Å². The Hall–Kier alpha value is -3.44. The number of anilines is 1. The molecule has 1 atom stereocenters. The van der Waals surface area contributed by atoms with Crippen molar-refractivity contribution >= 4 is 17.6 Å². The predicted molar refractivity (Wildman–Crippen MR) is 92.4 cm³/mol. The molecule has 0 aromatic heterocycles. The monoisotopic (exact) mass is 449 g/mol. The van der Waals surface area contributed by atoms with E-state index in [0.29, 0.717) is 17.9 Å². The van der Waals surface area contributed by atoms with Crippen LogP contribution in [0.5, 0.6) is 11.5 Å². The molecule has 6 nitrogen and oxygen atoms in total. The molecule has 1 amide bonds. The molecule has 1 aliphatic rings. The van der Waals surface area contributed by atoms with E-state index in [9.17, 15) is 35.9 Å². The van der Waals surface area contributed by atoms with E-state index < -0.39 is 53.8 Å². The number of carbonyl (C=O) groups is 2. The molecule has 0 saturated heterocycles. The SMILES string of the molecule is O=C(COC(=O)[C@@H]1COc2ccccc2O1)Nc1cc(C(F)(F)F)cc(C(F)(F)F)c1. The summed E-state index contributed by atoms with van der Waals surface area (Å²) < 4.78 is 92.6. The summed E-state index contributed by atoms with van der Waals surface area (Å²) in [5.74, 6) is -1.47. The summed E-state index contributed by atoms with van der Waals surface area (Å²) in [4.78, 5) is 23.9. The molecule has 3 rings (SSSR count). The Labute approximate surface area is 170 Å². The van der Waals surface area contributed by atoms with E-state index in [0.717, 1.165) is 0 Å². The van der Waals surface area contributed by atoms with Gasteiger partial charge in [0.15, 0.2) is 18.1 Å². The van der Waals surface area contributed by atoms with E-state index in [-0.39, 0.29) is 18.4 Å². The summed E-state index contributed by atoms with van der Waals surface area (Å²) in [6.07, 6.45) is -11.3. The summed E-state index contributed by atoms with van der Waals surface area (Å²) in [7, 11) is 0. The lowest BCUT2D eigenvalue weighted by atomic mass is 10.1. The highest BCUT2D eigenvalue weighted by Crippen LogP contribution is 2.37. The van der Waals surface area contributed by atoms with Crippen LogP contribution in [0.15, 0.2) is 42.5 Å². The molecule has 1 heterocycles. The molecule has 12 heteroatoms. The molecule has 0 unspecified atom stereocenters. The van der Waals surface area contributed by atoms with Crippen molar-refractivity contribution in [2.24, 2.45) is 0 Å². The topological polar surface area (TPSA) is 73.9 Å². The molecule has 1 N–H and O–H groups in total. The molecule has 0 bridgehead atoms. The van der Waals surface area contributed by atoms with Gasteiger partial charge in [0, 0.05) is 5.69 Å². The van der Waals surface area contributed by atoms with Crippen LogP contribution in [0, 0.1) is 0 Å². The Kier molecular flexibility index (Phi) is 6.00. The van der Waals surface area contributed by atoms with Crippen LogP contribution in [0.2, 0.25) is 0 Å². The molecule has 0 fully saturated rings. The number of hydrogen-bond donors (Lipinski definition) is 1. The molecule has 2 aromatic carbocycles. The fourth-order valence-corrected chi connectivity index (χ4v) is 2.59. The number of halogens is 6. The largest absolute Gasteiger partial charge is 0.485 e. The number of hydrogen-bond acceptors (Lipinski definition) is 5. The van der Waals surface area contributed by atoms with Crippen molar-refractivity contribution in [1.29, 1.82) is 0 Å². The quantitative estimate of drug-likeness (QED) is 0.564. The number of carbonyl (C=O) groups excluding carboxylic acids is 2. The number of esters is 1. The van der Waals surface area contributed by atoms with Gasteiger partial charge < -0.3 is 19.5 Å². The molecular weight excluding hydrogens is 436 g/mol.